The molecule has 0 spiro atoms. The van der Waals surface area contributed by atoms with Crippen molar-refractivity contribution in [1.82, 2.24) is 9.62 Å². The minimum absolute atomic E-state index is 0.156. The molecule has 40 heavy (non-hydrogen) atoms. The van der Waals surface area contributed by atoms with Crippen LogP contribution in [0.1, 0.15) is 36.8 Å². The molecule has 1 amide bonds. The van der Waals surface area contributed by atoms with Crippen molar-refractivity contribution in [3.8, 4) is 11.5 Å². The predicted octanol–water partition coefficient (Wildman–Crippen LogP) is 2.74. The number of fused-ring (bicyclic) bond motifs is 2. The van der Waals surface area contributed by atoms with E-state index in [1.165, 1.54) is 12.5 Å². The molecule has 1 fully saturated rings. The smallest absolute Gasteiger partial charge is 0.287 e. The number of rotatable bonds is 8. The summed E-state index contributed by atoms with van der Waals surface area (Å²) in [6.45, 7) is -0.0555. The zero-order valence-electron chi connectivity index (χ0n) is 22.1. The molecule has 3 aliphatic rings. The summed E-state index contributed by atoms with van der Waals surface area (Å²) in [5.41, 5.74) is 0.778. The lowest BCUT2D eigenvalue weighted by atomic mass is 9.78. The Labute approximate surface area is 236 Å². The van der Waals surface area contributed by atoms with Crippen LogP contribution in [0.15, 0.2) is 44.2 Å². The van der Waals surface area contributed by atoms with E-state index in [9.17, 15) is 26.7 Å². The highest BCUT2D eigenvalue weighted by atomic mass is 32.2. The molecule has 2 aromatic rings. The molecule has 3 N–H and O–H groups in total. The van der Waals surface area contributed by atoms with Gasteiger partial charge in [0.1, 0.15) is 32.7 Å². The Hall–Kier alpha value is -3.14. The average molecular weight is 611 g/mol. The van der Waals surface area contributed by atoms with Crippen LogP contribution in [0.2, 0.25) is 0 Å². The van der Waals surface area contributed by atoms with Crippen LogP contribution in [-0.4, -0.2) is 65.1 Å². The van der Waals surface area contributed by atoms with E-state index in [-0.39, 0.29) is 57.7 Å². The number of nitrogens with one attached hydrogen (secondary N) is 2. The molecule has 12 nitrogen and oxygen atoms in total. The zero-order valence-corrected chi connectivity index (χ0v) is 24.6. The number of amides is 1. The van der Waals surface area contributed by atoms with Crippen molar-refractivity contribution >= 4 is 48.1 Å². The molecule has 2 atom stereocenters. The number of ether oxygens (including phenoxy) is 2. The van der Waals surface area contributed by atoms with Gasteiger partial charge in [0, 0.05) is 42.2 Å². The van der Waals surface area contributed by atoms with E-state index in [2.05, 4.69) is 14.4 Å². The Balaban J connectivity index is 1.52. The number of aliphatic hydroxyl groups is 1. The third-order valence-corrected chi connectivity index (χ3v) is 10.5. The number of nitrogens with zero attached hydrogens (tertiary/aromatic N) is 2. The topological polar surface area (TPSA) is 164 Å². The summed E-state index contributed by atoms with van der Waals surface area (Å²) in [6, 6.07) is 5.03. The molecule has 1 saturated carbocycles. The van der Waals surface area contributed by atoms with E-state index < -0.39 is 26.0 Å². The molecular weight excluding hydrogens is 580 g/mol. The molecule has 1 aliphatic carbocycles. The van der Waals surface area contributed by atoms with Gasteiger partial charge in [0.2, 0.25) is 10.0 Å². The van der Waals surface area contributed by atoms with Gasteiger partial charge in [0.25, 0.3) is 15.9 Å². The summed E-state index contributed by atoms with van der Waals surface area (Å²) in [6.07, 6.45) is 4.05. The minimum atomic E-state index is -4.32. The van der Waals surface area contributed by atoms with Crippen molar-refractivity contribution in [3.63, 3.8) is 0 Å². The molecule has 3 heterocycles. The van der Waals surface area contributed by atoms with E-state index >= 15 is 0 Å². The van der Waals surface area contributed by atoms with Crippen LogP contribution in [-0.2, 0) is 37.9 Å². The highest BCUT2D eigenvalue weighted by molar-refractivity contribution is 7.91. The molecule has 0 bridgehead atoms. The number of benzene rings is 1. The zero-order chi connectivity index (χ0) is 28.8. The fourth-order valence-electron chi connectivity index (χ4n) is 5.46. The number of anilines is 1. The lowest BCUT2D eigenvalue weighted by Crippen LogP contribution is -2.52. The molecule has 2 aliphatic heterocycles. The maximum Gasteiger partial charge on any atom is 0.287 e. The first-order valence-electron chi connectivity index (χ1n) is 12.6. The summed E-state index contributed by atoms with van der Waals surface area (Å²) in [5, 5.41) is 16.0. The monoisotopic (exact) mass is 610 g/mol. The third kappa shape index (κ3) is 5.30. The van der Waals surface area contributed by atoms with Gasteiger partial charge in [-0.15, -0.1) is 15.7 Å². The first-order chi connectivity index (χ1) is 18.9. The summed E-state index contributed by atoms with van der Waals surface area (Å²) in [4.78, 5) is 15.5. The Bertz CT molecular complexity index is 1630. The molecule has 216 valence electrons. The van der Waals surface area contributed by atoms with Crippen LogP contribution in [0.25, 0.3) is 0 Å². The SMILES string of the molecule is COc1ccc(CN2C(=O)C(C3=NS(=O)(=O)c4c(CNS(C)(=O)=O)csc4N3)=C(O)C3CCCCC32)c(OC)c1. The van der Waals surface area contributed by atoms with Gasteiger partial charge in [0.15, 0.2) is 5.84 Å². The number of aliphatic hydroxyl groups excluding tert-OH is 1. The molecule has 0 saturated heterocycles. The highest BCUT2D eigenvalue weighted by Gasteiger charge is 2.46. The van der Waals surface area contributed by atoms with Gasteiger partial charge in [-0.2, -0.15) is 8.42 Å². The molecule has 15 heteroatoms. The van der Waals surface area contributed by atoms with Gasteiger partial charge in [-0.25, -0.2) is 13.1 Å². The molecule has 1 aromatic heterocycles. The van der Waals surface area contributed by atoms with Gasteiger partial charge in [-0.3, -0.25) is 4.79 Å². The van der Waals surface area contributed by atoms with Crippen molar-refractivity contribution in [1.29, 1.82) is 0 Å². The lowest BCUT2D eigenvalue weighted by Gasteiger charge is -2.44. The number of carbonyl (C=O) groups is 1. The highest BCUT2D eigenvalue weighted by Crippen LogP contribution is 2.43. The lowest BCUT2D eigenvalue weighted by molar-refractivity contribution is -0.133. The summed E-state index contributed by atoms with van der Waals surface area (Å²) < 4.78 is 66.7. The second-order valence-electron chi connectivity index (χ2n) is 9.88. The molecule has 0 radical (unpaired) electrons. The van der Waals surface area contributed by atoms with Crippen LogP contribution in [0.4, 0.5) is 5.00 Å². The fourth-order valence-corrected chi connectivity index (χ4v) is 8.48. The summed E-state index contributed by atoms with van der Waals surface area (Å²) in [7, 11) is -4.80. The predicted molar refractivity (Wildman–Crippen MR) is 150 cm³/mol. The third-order valence-electron chi connectivity index (χ3n) is 7.33. The first kappa shape index (κ1) is 28.4. The van der Waals surface area contributed by atoms with Crippen molar-refractivity contribution in [2.45, 2.75) is 49.7 Å². The Kier molecular flexibility index (Phi) is 7.58. The maximum absolute atomic E-state index is 14.0. The van der Waals surface area contributed by atoms with Gasteiger partial charge < -0.3 is 24.8 Å². The standard InChI is InChI=1S/C25H30N4O8S3/c1-36-16-9-8-14(19(10-16)37-2)12-29-18-7-5-4-6-17(18)21(30)20(25(29)31)23-27-24-22(40(34,35)28-23)15(13-38-24)11-26-39(3,32)33/h8-10,13,17-18,26,30H,4-7,11-12H2,1-3H3,(H,27,28). The minimum Gasteiger partial charge on any atom is -0.511 e. The van der Waals surface area contributed by atoms with Crippen LogP contribution >= 0.6 is 11.3 Å². The number of methoxy groups -OCH3 is 2. The average Bonchev–Trinajstić information content (AvgIpc) is 3.33. The number of sulfonamides is 2. The van der Waals surface area contributed by atoms with Crippen LogP contribution in [0, 0.1) is 5.92 Å². The Morgan fingerprint density at radius 2 is 1.95 bits per heavy atom. The van der Waals surface area contributed by atoms with E-state index in [4.69, 9.17) is 9.47 Å². The molecule has 2 unspecified atom stereocenters. The second-order valence-corrected chi connectivity index (χ2v) is 14.1. The fraction of sp³-hybridized carbons (Fsp3) is 0.440. The van der Waals surface area contributed by atoms with E-state index in [1.807, 2.05) is 6.07 Å². The normalized spacial score (nSPS) is 22.2. The van der Waals surface area contributed by atoms with Crippen molar-refractivity contribution < 1.29 is 36.2 Å². The summed E-state index contributed by atoms with van der Waals surface area (Å²) in [5.74, 6) is -0.212. The Morgan fingerprint density at radius 3 is 2.65 bits per heavy atom. The van der Waals surface area contributed by atoms with Crippen molar-refractivity contribution in [2.24, 2.45) is 10.3 Å². The Morgan fingerprint density at radius 1 is 1.20 bits per heavy atom. The number of carbonyl (C=O) groups excluding carboxylic acids is 1. The van der Waals surface area contributed by atoms with Gasteiger partial charge >= 0.3 is 0 Å². The first-order valence-corrected chi connectivity index (χ1v) is 16.8. The number of amidine groups is 1. The van der Waals surface area contributed by atoms with Crippen LogP contribution in [0.5, 0.6) is 11.5 Å². The van der Waals surface area contributed by atoms with Crippen LogP contribution < -0.4 is 19.5 Å². The van der Waals surface area contributed by atoms with Gasteiger partial charge in [-0.1, -0.05) is 12.8 Å². The number of hydrogen-bond acceptors (Lipinski definition) is 10. The van der Waals surface area contributed by atoms with Crippen LogP contribution in [0.3, 0.4) is 0 Å². The summed E-state index contributed by atoms with van der Waals surface area (Å²) >= 11 is 1.05. The van der Waals surface area contributed by atoms with Crippen molar-refractivity contribution in [2.75, 3.05) is 25.8 Å². The molecular formula is C25H30N4O8S3. The maximum atomic E-state index is 14.0. The largest absolute Gasteiger partial charge is 0.511 e. The quantitative estimate of drug-likeness (QED) is 0.408. The number of hydrogen-bond donors (Lipinski definition) is 3. The molecule has 1 aromatic carbocycles. The van der Waals surface area contributed by atoms with E-state index in [0.29, 0.717) is 24.3 Å². The number of thiophene rings is 1. The van der Waals surface area contributed by atoms with Gasteiger partial charge in [-0.05, 0) is 30.4 Å². The van der Waals surface area contributed by atoms with Crippen molar-refractivity contribution in [3.05, 3.63) is 46.0 Å². The molecule has 5 rings (SSSR count). The second kappa shape index (κ2) is 10.7. The van der Waals surface area contributed by atoms with E-state index in [0.717, 1.165) is 36.0 Å². The van der Waals surface area contributed by atoms with Gasteiger partial charge in [0.05, 0.1) is 20.5 Å². The van der Waals surface area contributed by atoms with E-state index in [1.54, 1.807) is 24.1 Å².